The quantitative estimate of drug-likeness (QED) is 0.826. The highest BCUT2D eigenvalue weighted by Gasteiger charge is 2.25. The number of aromatic nitrogens is 2. The molecule has 0 aliphatic carbocycles. The fourth-order valence-corrected chi connectivity index (χ4v) is 3.16. The van der Waals surface area contributed by atoms with Crippen LogP contribution < -0.4 is 10.2 Å². The second-order valence-corrected chi connectivity index (χ2v) is 5.78. The van der Waals surface area contributed by atoms with Gasteiger partial charge in [-0.3, -0.25) is 0 Å². The predicted molar refractivity (Wildman–Crippen MR) is 81.6 cm³/mol. The molecule has 2 N–H and O–H groups in total. The van der Waals surface area contributed by atoms with Gasteiger partial charge < -0.3 is 20.1 Å². The molecule has 2 atom stereocenters. The molecule has 6 heteroatoms. The van der Waals surface area contributed by atoms with E-state index in [-0.39, 0.29) is 12.6 Å². The highest BCUT2D eigenvalue weighted by Crippen LogP contribution is 2.24. The molecule has 0 bridgehead atoms. The number of aliphatic hydroxyl groups excluding tert-OH is 1. The summed E-state index contributed by atoms with van der Waals surface area (Å²) in [6, 6.07) is 2.17. The van der Waals surface area contributed by atoms with Crippen molar-refractivity contribution in [2.24, 2.45) is 0 Å². The lowest BCUT2D eigenvalue weighted by atomic mass is 10.2. The molecule has 0 amide bonds. The Balaban J connectivity index is 1.55. The molecular weight excluding hydrogens is 268 g/mol. The maximum Gasteiger partial charge on any atom is 0.134 e. The average molecular weight is 292 g/mol. The normalized spacial score (nSPS) is 25.5. The van der Waals surface area contributed by atoms with Crippen molar-refractivity contribution in [2.45, 2.75) is 44.2 Å². The minimum atomic E-state index is 0.186. The average Bonchev–Trinajstić information content (AvgIpc) is 3.18. The Morgan fingerprint density at radius 2 is 2.29 bits per heavy atom. The van der Waals surface area contributed by atoms with E-state index < -0.39 is 0 Å². The minimum absolute atomic E-state index is 0.186. The van der Waals surface area contributed by atoms with Crippen LogP contribution in [0.25, 0.3) is 0 Å². The highest BCUT2D eigenvalue weighted by molar-refractivity contribution is 5.49. The summed E-state index contributed by atoms with van der Waals surface area (Å²) in [5, 5.41) is 12.8. The second kappa shape index (κ2) is 7.04. The van der Waals surface area contributed by atoms with Crippen molar-refractivity contribution in [2.75, 3.05) is 36.5 Å². The Morgan fingerprint density at radius 3 is 3.10 bits per heavy atom. The predicted octanol–water partition coefficient (Wildman–Crippen LogP) is 1.42. The third kappa shape index (κ3) is 3.63. The number of hydrogen-bond donors (Lipinski definition) is 2. The number of nitrogens with zero attached hydrogens (tertiary/aromatic N) is 3. The van der Waals surface area contributed by atoms with E-state index in [0.717, 1.165) is 50.6 Å². The molecule has 6 nitrogen and oxygen atoms in total. The van der Waals surface area contributed by atoms with Gasteiger partial charge in [-0.2, -0.15) is 0 Å². The zero-order valence-electron chi connectivity index (χ0n) is 12.4. The van der Waals surface area contributed by atoms with Gasteiger partial charge >= 0.3 is 0 Å². The number of nitrogens with one attached hydrogen (secondary N) is 1. The molecule has 3 rings (SSSR count). The molecule has 116 valence electrons. The Hall–Kier alpha value is -1.40. The first-order valence-electron chi connectivity index (χ1n) is 7.92. The van der Waals surface area contributed by atoms with Gasteiger partial charge in [0.15, 0.2) is 0 Å². The molecule has 0 radical (unpaired) electrons. The summed E-state index contributed by atoms with van der Waals surface area (Å²) in [7, 11) is 0. The zero-order chi connectivity index (χ0) is 14.5. The molecule has 1 aromatic heterocycles. The van der Waals surface area contributed by atoms with Crippen LogP contribution in [0.2, 0.25) is 0 Å². The smallest absolute Gasteiger partial charge is 0.134 e. The first-order chi connectivity index (χ1) is 10.4. The Labute approximate surface area is 125 Å². The summed E-state index contributed by atoms with van der Waals surface area (Å²) < 4.78 is 5.62. The van der Waals surface area contributed by atoms with Crippen molar-refractivity contribution in [1.29, 1.82) is 0 Å². The monoisotopic (exact) mass is 292 g/mol. The second-order valence-electron chi connectivity index (χ2n) is 5.78. The topological polar surface area (TPSA) is 70.5 Å². The van der Waals surface area contributed by atoms with E-state index >= 15 is 0 Å². The van der Waals surface area contributed by atoms with E-state index in [1.165, 1.54) is 12.8 Å². The Morgan fingerprint density at radius 1 is 1.33 bits per heavy atom. The van der Waals surface area contributed by atoms with Gasteiger partial charge in [0, 0.05) is 25.8 Å². The summed E-state index contributed by atoms with van der Waals surface area (Å²) in [4.78, 5) is 10.8. The number of rotatable bonds is 6. The van der Waals surface area contributed by atoms with Gasteiger partial charge in [-0.05, 0) is 32.1 Å². The van der Waals surface area contributed by atoms with E-state index in [1.54, 1.807) is 6.33 Å². The van der Waals surface area contributed by atoms with E-state index in [9.17, 15) is 5.11 Å². The van der Waals surface area contributed by atoms with Gasteiger partial charge in [-0.25, -0.2) is 9.97 Å². The molecule has 1 aromatic rings. The van der Waals surface area contributed by atoms with Gasteiger partial charge in [-0.15, -0.1) is 0 Å². The van der Waals surface area contributed by atoms with Crippen molar-refractivity contribution < 1.29 is 9.84 Å². The molecule has 2 fully saturated rings. The van der Waals surface area contributed by atoms with Crippen LogP contribution in [-0.2, 0) is 4.74 Å². The largest absolute Gasteiger partial charge is 0.394 e. The van der Waals surface area contributed by atoms with Crippen LogP contribution in [0.5, 0.6) is 0 Å². The van der Waals surface area contributed by atoms with Crippen LogP contribution in [0.4, 0.5) is 11.6 Å². The fourth-order valence-electron chi connectivity index (χ4n) is 3.16. The van der Waals surface area contributed by atoms with Gasteiger partial charge in [0.1, 0.15) is 18.0 Å². The molecule has 0 aromatic carbocycles. The standard InChI is InChI=1S/C15H24N4O2/c20-10-12-3-1-7-19(12)15-9-14(17-11-18-15)16-6-5-13-4-2-8-21-13/h9,11-13,20H,1-8,10H2,(H,16,17,18)/t12-,13-/m0/s1. The van der Waals surface area contributed by atoms with E-state index in [1.807, 2.05) is 6.07 Å². The van der Waals surface area contributed by atoms with Gasteiger partial charge in [0.2, 0.25) is 0 Å². The third-order valence-electron chi connectivity index (χ3n) is 4.33. The lowest BCUT2D eigenvalue weighted by Crippen LogP contribution is -2.32. The van der Waals surface area contributed by atoms with Crippen LogP contribution in [0.1, 0.15) is 32.1 Å². The SMILES string of the molecule is OC[C@@H]1CCCN1c1cc(NCC[C@@H]2CCCO2)ncn1. The van der Waals surface area contributed by atoms with Crippen molar-refractivity contribution in [3.05, 3.63) is 12.4 Å². The summed E-state index contributed by atoms with van der Waals surface area (Å²) >= 11 is 0. The van der Waals surface area contributed by atoms with Crippen LogP contribution in [0, 0.1) is 0 Å². The molecule has 2 saturated heterocycles. The number of ether oxygens (including phenoxy) is 1. The minimum Gasteiger partial charge on any atom is -0.394 e. The number of anilines is 2. The van der Waals surface area contributed by atoms with Crippen molar-refractivity contribution >= 4 is 11.6 Å². The molecule has 0 unspecified atom stereocenters. The lowest BCUT2D eigenvalue weighted by molar-refractivity contribution is 0.107. The summed E-state index contributed by atoms with van der Waals surface area (Å²) in [6.07, 6.45) is 7.50. The van der Waals surface area contributed by atoms with E-state index in [4.69, 9.17) is 4.74 Å². The number of hydrogen-bond acceptors (Lipinski definition) is 6. The molecule has 0 spiro atoms. The summed E-state index contributed by atoms with van der Waals surface area (Å²) in [5.41, 5.74) is 0. The molecule has 3 heterocycles. The van der Waals surface area contributed by atoms with Crippen LogP contribution in [0.3, 0.4) is 0 Å². The van der Waals surface area contributed by atoms with Crippen LogP contribution in [0.15, 0.2) is 12.4 Å². The summed E-state index contributed by atoms with van der Waals surface area (Å²) in [6.45, 7) is 2.91. The first-order valence-corrected chi connectivity index (χ1v) is 7.92. The Bertz CT molecular complexity index is 451. The molecular formula is C15H24N4O2. The van der Waals surface area contributed by atoms with Crippen molar-refractivity contribution in [3.63, 3.8) is 0 Å². The van der Waals surface area contributed by atoms with Gasteiger partial charge in [-0.1, -0.05) is 0 Å². The van der Waals surface area contributed by atoms with E-state index in [0.29, 0.717) is 6.10 Å². The molecule has 2 aliphatic heterocycles. The summed E-state index contributed by atoms with van der Waals surface area (Å²) in [5.74, 6) is 1.75. The van der Waals surface area contributed by atoms with Crippen molar-refractivity contribution in [1.82, 2.24) is 9.97 Å². The maximum atomic E-state index is 9.42. The van der Waals surface area contributed by atoms with Gasteiger partial charge in [0.25, 0.3) is 0 Å². The third-order valence-corrected chi connectivity index (χ3v) is 4.33. The first kappa shape index (κ1) is 14.5. The van der Waals surface area contributed by atoms with Crippen LogP contribution in [-0.4, -0.2) is 53.5 Å². The van der Waals surface area contributed by atoms with Crippen LogP contribution >= 0.6 is 0 Å². The zero-order valence-corrected chi connectivity index (χ0v) is 12.4. The Kier molecular flexibility index (Phi) is 4.87. The fraction of sp³-hybridized carbons (Fsp3) is 0.733. The molecule has 21 heavy (non-hydrogen) atoms. The lowest BCUT2D eigenvalue weighted by Gasteiger charge is -2.24. The van der Waals surface area contributed by atoms with Crippen molar-refractivity contribution in [3.8, 4) is 0 Å². The highest BCUT2D eigenvalue weighted by atomic mass is 16.5. The maximum absolute atomic E-state index is 9.42. The molecule has 0 saturated carbocycles. The van der Waals surface area contributed by atoms with E-state index in [2.05, 4.69) is 20.2 Å². The van der Waals surface area contributed by atoms with Gasteiger partial charge in [0.05, 0.1) is 18.8 Å². The number of aliphatic hydroxyl groups is 1. The molecule has 2 aliphatic rings.